The van der Waals surface area contributed by atoms with Gasteiger partial charge in [-0.05, 0) is 43.5 Å². The fourth-order valence-corrected chi connectivity index (χ4v) is 3.33. The second-order valence-corrected chi connectivity index (χ2v) is 6.84. The molecule has 1 aliphatic rings. The molecule has 1 aliphatic heterocycles. The highest BCUT2D eigenvalue weighted by Gasteiger charge is 2.19. The molecular formula is C25H33ClN4O3. The van der Waals surface area contributed by atoms with Crippen LogP contribution in [0.1, 0.15) is 39.7 Å². The van der Waals surface area contributed by atoms with E-state index in [1.807, 2.05) is 65.7 Å². The molecule has 1 unspecified atom stereocenters. The molecule has 178 valence electrons. The predicted octanol–water partition coefficient (Wildman–Crippen LogP) is 6.70. The summed E-state index contributed by atoms with van der Waals surface area (Å²) in [6.07, 6.45) is 2.41. The van der Waals surface area contributed by atoms with Gasteiger partial charge in [-0.15, -0.1) is 0 Å². The lowest BCUT2D eigenvalue weighted by Gasteiger charge is -2.17. The van der Waals surface area contributed by atoms with Crippen LogP contribution >= 0.6 is 11.6 Å². The van der Waals surface area contributed by atoms with Gasteiger partial charge in [-0.25, -0.2) is 9.97 Å². The van der Waals surface area contributed by atoms with Crippen molar-refractivity contribution in [3.05, 3.63) is 47.2 Å². The van der Waals surface area contributed by atoms with Crippen molar-refractivity contribution in [3.8, 4) is 5.75 Å². The van der Waals surface area contributed by atoms with Crippen LogP contribution < -0.4 is 10.1 Å². The molecule has 3 aromatic rings. The summed E-state index contributed by atoms with van der Waals surface area (Å²) in [7, 11) is 0. The van der Waals surface area contributed by atoms with Gasteiger partial charge in [-0.3, -0.25) is 4.99 Å². The first-order chi connectivity index (χ1) is 16.1. The SMILES string of the molecule is C=Nc1cc(C)c2c(Nc3ccc(Cl)cc3OC3CCOC3)ncnc2c1.C=O.CC.CC. The Morgan fingerprint density at radius 1 is 1.15 bits per heavy atom. The van der Waals surface area contributed by atoms with Crippen molar-refractivity contribution in [3.63, 3.8) is 0 Å². The molecule has 1 aromatic heterocycles. The second kappa shape index (κ2) is 14.9. The number of rotatable bonds is 5. The van der Waals surface area contributed by atoms with Crippen LogP contribution in [0.5, 0.6) is 5.75 Å². The Balaban J connectivity index is 0.000000841. The topological polar surface area (TPSA) is 85.7 Å². The fraction of sp³-hybridized carbons (Fsp3) is 0.360. The summed E-state index contributed by atoms with van der Waals surface area (Å²) in [6, 6.07) is 9.35. The number of carbonyl (C=O) groups is 1. The van der Waals surface area contributed by atoms with Crippen LogP contribution in [0, 0.1) is 6.92 Å². The number of aryl methyl sites for hydroxylation is 1. The molecule has 0 radical (unpaired) electrons. The zero-order chi connectivity index (χ0) is 24.8. The van der Waals surface area contributed by atoms with Crippen LogP contribution in [0.3, 0.4) is 0 Å². The van der Waals surface area contributed by atoms with E-state index >= 15 is 0 Å². The average Bonchev–Trinajstić information content (AvgIpc) is 3.37. The van der Waals surface area contributed by atoms with Crippen molar-refractivity contribution < 1.29 is 14.3 Å². The summed E-state index contributed by atoms with van der Waals surface area (Å²) in [5, 5.41) is 4.91. The van der Waals surface area contributed by atoms with Gasteiger partial charge in [0.15, 0.2) is 0 Å². The molecule has 0 bridgehead atoms. The minimum Gasteiger partial charge on any atom is -0.486 e. The third-order valence-electron chi connectivity index (χ3n) is 4.48. The molecular weight excluding hydrogens is 440 g/mol. The number of fused-ring (bicyclic) bond motifs is 1. The highest BCUT2D eigenvalue weighted by molar-refractivity contribution is 6.30. The van der Waals surface area contributed by atoms with E-state index in [0.29, 0.717) is 29.8 Å². The van der Waals surface area contributed by atoms with Gasteiger partial charge < -0.3 is 19.6 Å². The molecule has 0 aliphatic carbocycles. The van der Waals surface area contributed by atoms with E-state index < -0.39 is 0 Å². The van der Waals surface area contributed by atoms with Crippen LogP contribution in [-0.4, -0.2) is 42.8 Å². The van der Waals surface area contributed by atoms with E-state index in [4.69, 9.17) is 25.9 Å². The molecule has 2 heterocycles. The van der Waals surface area contributed by atoms with E-state index in [2.05, 4.69) is 27.0 Å². The van der Waals surface area contributed by atoms with Crippen LogP contribution in [-0.2, 0) is 9.53 Å². The van der Waals surface area contributed by atoms with Gasteiger partial charge in [0.25, 0.3) is 0 Å². The van der Waals surface area contributed by atoms with Gasteiger partial charge in [0, 0.05) is 22.9 Å². The van der Waals surface area contributed by atoms with Crippen LogP contribution in [0.4, 0.5) is 17.2 Å². The van der Waals surface area contributed by atoms with E-state index in [1.54, 1.807) is 6.07 Å². The Labute approximate surface area is 201 Å². The largest absolute Gasteiger partial charge is 0.486 e. The van der Waals surface area contributed by atoms with Crippen molar-refractivity contribution in [2.45, 2.75) is 47.1 Å². The first-order valence-corrected chi connectivity index (χ1v) is 11.3. The van der Waals surface area contributed by atoms with Gasteiger partial charge in [0.1, 0.15) is 30.8 Å². The second-order valence-electron chi connectivity index (χ2n) is 6.41. The predicted molar refractivity (Wildman–Crippen MR) is 138 cm³/mol. The zero-order valence-corrected chi connectivity index (χ0v) is 20.8. The molecule has 0 spiro atoms. The Hall–Kier alpha value is -3.03. The summed E-state index contributed by atoms with van der Waals surface area (Å²) in [5.41, 5.74) is 3.38. The number of nitrogens with one attached hydrogen (secondary N) is 1. The van der Waals surface area contributed by atoms with Gasteiger partial charge in [-0.2, -0.15) is 0 Å². The minimum atomic E-state index is 0.0223. The molecule has 0 amide bonds. The van der Waals surface area contributed by atoms with Crippen molar-refractivity contribution in [2.75, 3.05) is 18.5 Å². The van der Waals surface area contributed by atoms with Crippen molar-refractivity contribution in [2.24, 2.45) is 4.99 Å². The van der Waals surface area contributed by atoms with Gasteiger partial charge in [-0.1, -0.05) is 39.3 Å². The normalized spacial score (nSPS) is 13.9. The monoisotopic (exact) mass is 472 g/mol. The Morgan fingerprint density at radius 2 is 1.88 bits per heavy atom. The fourth-order valence-electron chi connectivity index (χ4n) is 3.17. The summed E-state index contributed by atoms with van der Waals surface area (Å²) in [5.74, 6) is 1.37. The lowest BCUT2D eigenvalue weighted by atomic mass is 10.1. The van der Waals surface area contributed by atoms with Crippen molar-refractivity contribution >= 4 is 53.2 Å². The Morgan fingerprint density at radius 3 is 2.52 bits per heavy atom. The highest BCUT2D eigenvalue weighted by Crippen LogP contribution is 2.35. The number of aromatic nitrogens is 2. The Kier molecular flexibility index (Phi) is 12.7. The number of hydrogen-bond donors (Lipinski definition) is 1. The molecule has 4 rings (SSSR count). The lowest BCUT2D eigenvalue weighted by molar-refractivity contribution is -0.0979. The molecule has 1 atom stereocenters. The summed E-state index contributed by atoms with van der Waals surface area (Å²) < 4.78 is 11.5. The first-order valence-electron chi connectivity index (χ1n) is 11.0. The number of carbonyl (C=O) groups excluding carboxylic acids is 1. The summed E-state index contributed by atoms with van der Waals surface area (Å²) in [6.45, 7) is 16.9. The number of anilines is 2. The number of benzene rings is 2. The van der Waals surface area contributed by atoms with Crippen molar-refractivity contribution in [1.29, 1.82) is 0 Å². The smallest absolute Gasteiger partial charge is 0.144 e. The number of hydrogen-bond acceptors (Lipinski definition) is 7. The lowest BCUT2D eigenvalue weighted by Crippen LogP contribution is -2.16. The maximum absolute atomic E-state index is 8.00. The molecule has 1 N–H and O–H groups in total. The van der Waals surface area contributed by atoms with E-state index in [1.165, 1.54) is 6.33 Å². The van der Waals surface area contributed by atoms with Gasteiger partial charge >= 0.3 is 0 Å². The van der Waals surface area contributed by atoms with Crippen LogP contribution in [0.2, 0.25) is 5.02 Å². The summed E-state index contributed by atoms with van der Waals surface area (Å²) >= 11 is 6.18. The number of aliphatic imine (C=N–C) groups is 1. The molecule has 33 heavy (non-hydrogen) atoms. The third-order valence-corrected chi connectivity index (χ3v) is 4.72. The maximum atomic E-state index is 8.00. The maximum Gasteiger partial charge on any atom is 0.144 e. The zero-order valence-electron chi connectivity index (χ0n) is 20.0. The number of nitrogens with zero attached hydrogens (tertiary/aromatic N) is 3. The molecule has 1 saturated heterocycles. The molecule has 8 heteroatoms. The quantitative estimate of drug-likeness (QED) is 0.415. The van der Waals surface area contributed by atoms with Crippen LogP contribution in [0.25, 0.3) is 10.9 Å². The molecule has 1 fully saturated rings. The molecule has 7 nitrogen and oxygen atoms in total. The van der Waals surface area contributed by atoms with Gasteiger partial charge in [0.05, 0.1) is 30.1 Å². The van der Waals surface area contributed by atoms with E-state index in [0.717, 1.165) is 34.3 Å². The van der Waals surface area contributed by atoms with E-state index in [9.17, 15) is 0 Å². The standard InChI is InChI=1S/C20H19ClN4O2.2C2H6.CH2O/c1-12-7-14(22-2)9-17-19(12)20(24-11-23-17)25-16-4-3-13(21)8-18(16)27-15-5-6-26-10-15;3*1-2/h3-4,7-9,11,15H,2,5-6,10H2,1H3,(H,23,24,25);2*1-2H3;1H2. The summed E-state index contributed by atoms with van der Waals surface area (Å²) in [4.78, 5) is 20.8. The molecule has 0 saturated carbocycles. The average molecular weight is 473 g/mol. The highest BCUT2D eigenvalue weighted by atomic mass is 35.5. The minimum absolute atomic E-state index is 0.0223. The third kappa shape index (κ3) is 7.51. The van der Waals surface area contributed by atoms with Crippen molar-refractivity contribution in [1.82, 2.24) is 9.97 Å². The van der Waals surface area contributed by atoms with E-state index in [-0.39, 0.29) is 6.10 Å². The molecule has 2 aromatic carbocycles. The van der Waals surface area contributed by atoms with Crippen LogP contribution in [0.15, 0.2) is 41.7 Å². The Bertz CT molecular complexity index is 1020. The number of ether oxygens (including phenoxy) is 2. The first kappa shape index (κ1) is 28.0. The number of halogens is 1. The van der Waals surface area contributed by atoms with Gasteiger partial charge in [0.2, 0.25) is 0 Å².